The monoisotopic (exact) mass is 494 g/mol. The van der Waals surface area contributed by atoms with E-state index in [9.17, 15) is 18.0 Å². The second-order valence-corrected chi connectivity index (χ2v) is 9.02. The molecular weight excluding hydrogens is 472 g/mol. The van der Waals surface area contributed by atoms with E-state index in [1.165, 1.54) is 31.4 Å². The van der Waals surface area contributed by atoms with E-state index < -0.39 is 21.6 Å². The van der Waals surface area contributed by atoms with Crippen molar-refractivity contribution < 1.29 is 27.1 Å². The van der Waals surface area contributed by atoms with Crippen molar-refractivity contribution in [2.24, 2.45) is 0 Å². The van der Waals surface area contributed by atoms with E-state index >= 15 is 0 Å². The molecule has 10 heteroatoms. The average molecular weight is 495 g/mol. The number of hydrogen-bond acceptors (Lipinski definition) is 7. The lowest BCUT2D eigenvalue weighted by molar-refractivity contribution is 0.102. The van der Waals surface area contributed by atoms with Crippen molar-refractivity contribution >= 4 is 38.3 Å². The smallest absolute Gasteiger partial charge is 0.349 e. The number of sulfonamides is 1. The largest absolute Gasteiger partial charge is 0.495 e. The molecule has 0 spiro atoms. The Morgan fingerprint density at radius 3 is 2.40 bits per heavy atom. The van der Waals surface area contributed by atoms with E-state index in [-0.39, 0.29) is 21.9 Å². The number of para-hydroxylation sites is 1. The summed E-state index contributed by atoms with van der Waals surface area (Å²) < 4.78 is 44.5. The van der Waals surface area contributed by atoms with Crippen LogP contribution in [0.4, 0.5) is 11.4 Å². The van der Waals surface area contributed by atoms with E-state index in [4.69, 9.17) is 13.9 Å². The van der Waals surface area contributed by atoms with Crippen molar-refractivity contribution in [1.82, 2.24) is 0 Å². The molecule has 3 aromatic carbocycles. The van der Waals surface area contributed by atoms with Crippen LogP contribution in [-0.4, -0.2) is 28.0 Å². The van der Waals surface area contributed by atoms with Crippen molar-refractivity contribution in [1.29, 1.82) is 0 Å². The Balaban J connectivity index is 1.61. The van der Waals surface area contributed by atoms with Gasteiger partial charge in [-0.1, -0.05) is 18.2 Å². The summed E-state index contributed by atoms with van der Waals surface area (Å²) in [6.07, 6.45) is 0. The maximum absolute atomic E-state index is 13.1. The molecule has 1 amide bonds. The number of nitrogens with one attached hydrogen (secondary N) is 2. The lowest BCUT2D eigenvalue weighted by Gasteiger charge is -2.14. The molecule has 0 saturated carbocycles. The summed E-state index contributed by atoms with van der Waals surface area (Å²) in [6.45, 7) is 2.34. The van der Waals surface area contributed by atoms with Gasteiger partial charge >= 0.3 is 5.63 Å². The molecule has 1 aromatic heterocycles. The fourth-order valence-corrected chi connectivity index (χ4v) is 4.63. The first-order valence-electron chi connectivity index (χ1n) is 10.6. The summed E-state index contributed by atoms with van der Waals surface area (Å²) in [5.74, 6) is -0.0555. The van der Waals surface area contributed by atoms with E-state index in [1.807, 2.05) is 6.92 Å². The molecular formula is C25H22N2O7S. The van der Waals surface area contributed by atoms with Gasteiger partial charge in [-0.15, -0.1) is 0 Å². The van der Waals surface area contributed by atoms with Gasteiger partial charge in [0, 0.05) is 16.8 Å². The Hall–Kier alpha value is -4.31. The van der Waals surface area contributed by atoms with E-state index in [2.05, 4.69) is 10.0 Å². The third-order valence-corrected chi connectivity index (χ3v) is 6.42. The summed E-state index contributed by atoms with van der Waals surface area (Å²) in [5, 5.41) is 3.13. The fourth-order valence-electron chi connectivity index (χ4n) is 3.38. The van der Waals surface area contributed by atoms with Gasteiger partial charge in [-0.3, -0.25) is 9.52 Å². The zero-order valence-corrected chi connectivity index (χ0v) is 19.7. The number of carbonyl (C=O) groups excluding carboxylic acids is 1. The predicted molar refractivity (Wildman–Crippen MR) is 132 cm³/mol. The number of hydrogen-bond donors (Lipinski definition) is 2. The van der Waals surface area contributed by atoms with Crippen molar-refractivity contribution in [3.8, 4) is 11.5 Å². The molecule has 35 heavy (non-hydrogen) atoms. The topological polar surface area (TPSA) is 124 Å². The maximum Gasteiger partial charge on any atom is 0.349 e. The third kappa shape index (κ3) is 5.28. The van der Waals surface area contributed by atoms with Gasteiger partial charge in [0.25, 0.3) is 15.9 Å². The van der Waals surface area contributed by atoms with Crippen LogP contribution in [0.15, 0.2) is 86.9 Å². The number of benzene rings is 3. The highest BCUT2D eigenvalue weighted by molar-refractivity contribution is 7.92. The van der Waals surface area contributed by atoms with Crippen LogP contribution < -0.4 is 25.1 Å². The van der Waals surface area contributed by atoms with Crippen LogP contribution in [0.5, 0.6) is 11.5 Å². The van der Waals surface area contributed by atoms with Gasteiger partial charge in [-0.2, -0.15) is 0 Å². The number of amides is 1. The Kier molecular flexibility index (Phi) is 6.74. The van der Waals surface area contributed by atoms with Crippen LogP contribution in [0, 0.1) is 0 Å². The van der Waals surface area contributed by atoms with Crippen molar-refractivity contribution in [3.05, 3.63) is 88.8 Å². The van der Waals surface area contributed by atoms with E-state index in [1.54, 1.807) is 48.5 Å². The highest BCUT2D eigenvalue weighted by Crippen LogP contribution is 2.29. The van der Waals surface area contributed by atoms with Gasteiger partial charge < -0.3 is 19.2 Å². The molecule has 0 saturated heterocycles. The second-order valence-electron chi connectivity index (χ2n) is 7.37. The van der Waals surface area contributed by atoms with Gasteiger partial charge in [0.2, 0.25) is 0 Å². The first kappa shape index (κ1) is 23.8. The molecule has 0 aliphatic carbocycles. The van der Waals surface area contributed by atoms with Crippen molar-refractivity contribution in [3.63, 3.8) is 0 Å². The molecule has 2 N–H and O–H groups in total. The summed E-state index contributed by atoms with van der Waals surface area (Å²) in [5.41, 5.74) is -0.197. The molecule has 0 fully saturated rings. The fraction of sp³-hybridized carbons (Fsp3) is 0.120. The minimum atomic E-state index is -4.09. The minimum Gasteiger partial charge on any atom is -0.495 e. The number of methoxy groups -OCH3 is 1. The molecule has 1 heterocycles. The first-order chi connectivity index (χ1) is 16.8. The van der Waals surface area contributed by atoms with Crippen LogP contribution in [0.3, 0.4) is 0 Å². The van der Waals surface area contributed by atoms with Crippen molar-refractivity contribution in [2.45, 2.75) is 11.8 Å². The number of rotatable bonds is 8. The van der Waals surface area contributed by atoms with Gasteiger partial charge in [-0.05, 0) is 61.5 Å². The highest BCUT2D eigenvalue weighted by Gasteiger charge is 2.22. The Morgan fingerprint density at radius 2 is 1.69 bits per heavy atom. The summed E-state index contributed by atoms with van der Waals surface area (Å²) in [4.78, 5) is 24.9. The SMILES string of the molecule is CCOc1ccc(NS(=O)(=O)c2cc(NC(=O)c3cc4ccccc4oc3=O)ccc2OC)cc1. The van der Waals surface area contributed by atoms with Crippen LogP contribution in [-0.2, 0) is 10.0 Å². The Labute approximate surface area is 201 Å². The quantitative estimate of drug-likeness (QED) is 0.351. The molecule has 4 aromatic rings. The van der Waals surface area contributed by atoms with E-state index in [0.29, 0.717) is 29.0 Å². The second kappa shape index (κ2) is 9.90. The van der Waals surface area contributed by atoms with Crippen molar-refractivity contribution in [2.75, 3.05) is 23.8 Å². The highest BCUT2D eigenvalue weighted by atomic mass is 32.2. The zero-order valence-electron chi connectivity index (χ0n) is 18.9. The lowest BCUT2D eigenvalue weighted by Crippen LogP contribution is -2.21. The summed E-state index contributed by atoms with van der Waals surface area (Å²) >= 11 is 0. The molecule has 180 valence electrons. The summed E-state index contributed by atoms with van der Waals surface area (Å²) in [7, 11) is -2.75. The maximum atomic E-state index is 13.1. The van der Waals surface area contributed by atoms with Crippen LogP contribution in [0.25, 0.3) is 11.0 Å². The number of carbonyl (C=O) groups is 1. The number of anilines is 2. The van der Waals surface area contributed by atoms with Crippen LogP contribution in [0.1, 0.15) is 17.3 Å². The van der Waals surface area contributed by atoms with E-state index in [0.717, 1.165) is 0 Å². The van der Waals surface area contributed by atoms with Gasteiger partial charge in [0.1, 0.15) is 27.5 Å². The van der Waals surface area contributed by atoms with Crippen LogP contribution >= 0.6 is 0 Å². The Bertz CT molecular complexity index is 1540. The van der Waals surface area contributed by atoms with Crippen LogP contribution in [0.2, 0.25) is 0 Å². The average Bonchev–Trinajstić information content (AvgIpc) is 2.84. The molecule has 0 bridgehead atoms. The molecule has 9 nitrogen and oxygen atoms in total. The number of ether oxygens (including phenoxy) is 2. The summed E-state index contributed by atoms with van der Waals surface area (Å²) in [6, 6.07) is 18.8. The molecule has 0 aliphatic heterocycles. The number of fused-ring (bicyclic) bond motifs is 1. The lowest BCUT2D eigenvalue weighted by atomic mass is 10.1. The normalized spacial score (nSPS) is 11.1. The zero-order chi connectivity index (χ0) is 25.0. The molecule has 0 unspecified atom stereocenters. The van der Waals surface area contributed by atoms with Gasteiger partial charge in [0.05, 0.1) is 13.7 Å². The predicted octanol–water partition coefficient (Wildman–Crippen LogP) is 4.25. The third-order valence-electron chi connectivity index (χ3n) is 5.01. The Morgan fingerprint density at radius 1 is 0.971 bits per heavy atom. The standard InChI is InChI=1S/C25H22N2O7S/c1-3-33-19-11-8-17(9-12-19)27-35(30,31)23-15-18(10-13-22(23)32-2)26-24(28)20-14-16-6-4-5-7-21(16)34-25(20)29/h4-15,27H,3H2,1-2H3,(H,26,28). The first-order valence-corrected chi connectivity index (χ1v) is 12.1. The van der Waals surface area contributed by atoms with Gasteiger partial charge in [-0.25, -0.2) is 13.2 Å². The minimum absolute atomic E-state index is 0.0756. The van der Waals surface area contributed by atoms with Gasteiger partial charge in [0.15, 0.2) is 0 Å². The molecule has 0 radical (unpaired) electrons. The molecule has 4 rings (SSSR count). The molecule has 0 atom stereocenters. The molecule has 0 aliphatic rings.